The number of carbonyl (C=O) groups is 1. The first-order valence-electron chi connectivity index (χ1n) is 4.70. The second-order valence-corrected chi connectivity index (χ2v) is 3.24. The Labute approximate surface area is 84.6 Å². The van der Waals surface area contributed by atoms with Gasteiger partial charge in [0.15, 0.2) is 0 Å². The number of hydrogen-bond donors (Lipinski definition) is 1. The normalized spacial score (nSPS) is 9.50. The molecule has 1 amide bonds. The van der Waals surface area contributed by atoms with E-state index < -0.39 is 0 Å². The largest absolute Gasteiger partial charge is 0.326 e. The third-order valence-electron chi connectivity index (χ3n) is 1.91. The lowest BCUT2D eigenvalue weighted by Gasteiger charge is -2.03. The highest BCUT2D eigenvalue weighted by Crippen LogP contribution is 2.09. The molecule has 1 rings (SSSR count). The minimum absolute atomic E-state index is 0.0359. The first-order valence-corrected chi connectivity index (χ1v) is 4.70. The lowest BCUT2D eigenvalue weighted by atomic mass is 10.2. The molecule has 1 aromatic rings. The van der Waals surface area contributed by atoms with E-state index in [1.165, 1.54) is 5.56 Å². The lowest BCUT2D eigenvalue weighted by Crippen LogP contribution is -2.10. The molecule has 0 saturated carbocycles. The summed E-state index contributed by atoms with van der Waals surface area (Å²) in [6.45, 7) is 5.59. The van der Waals surface area contributed by atoms with Crippen molar-refractivity contribution in [3.63, 3.8) is 0 Å². The van der Waals surface area contributed by atoms with Crippen molar-refractivity contribution in [2.24, 2.45) is 0 Å². The SMILES string of the molecule is C=CCCC(=O)Nc1ccc(C)cc1. The van der Waals surface area contributed by atoms with Gasteiger partial charge in [-0.15, -0.1) is 6.58 Å². The van der Waals surface area contributed by atoms with Gasteiger partial charge in [0, 0.05) is 12.1 Å². The van der Waals surface area contributed by atoms with Crippen LogP contribution in [0.25, 0.3) is 0 Å². The Kier molecular flexibility index (Phi) is 3.92. The summed E-state index contributed by atoms with van der Waals surface area (Å²) in [5.74, 6) is 0.0359. The zero-order chi connectivity index (χ0) is 10.4. The van der Waals surface area contributed by atoms with Crippen molar-refractivity contribution >= 4 is 11.6 Å². The summed E-state index contributed by atoms with van der Waals surface area (Å²) >= 11 is 0. The summed E-state index contributed by atoms with van der Waals surface area (Å²) in [5, 5.41) is 2.82. The smallest absolute Gasteiger partial charge is 0.224 e. The Bertz CT molecular complexity index is 314. The highest BCUT2D eigenvalue weighted by atomic mass is 16.1. The number of allylic oxidation sites excluding steroid dienone is 1. The Balaban J connectivity index is 2.47. The highest BCUT2D eigenvalue weighted by Gasteiger charge is 1.99. The van der Waals surface area contributed by atoms with Crippen LogP contribution in [0.3, 0.4) is 0 Å². The molecule has 0 aliphatic heterocycles. The second-order valence-electron chi connectivity index (χ2n) is 3.24. The van der Waals surface area contributed by atoms with Crippen molar-refractivity contribution in [2.75, 3.05) is 5.32 Å². The molecule has 0 spiro atoms. The van der Waals surface area contributed by atoms with E-state index in [4.69, 9.17) is 0 Å². The highest BCUT2D eigenvalue weighted by molar-refractivity contribution is 5.90. The maximum Gasteiger partial charge on any atom is 0.224 e. The van der Waals surface area contributed by atoms with Crippen LogP contribution in [0.4, 0.5) is 5.69 Å². The third kappa shape index (κ3) is 3.44. The summed E-state index contributed by atoms with van der Waals surface area (Å²) < 4.78 is 0. The number of aryl methyl sites for hydroxylation is 1. The van der Waals surface area contributed by atoms with Crippen molar-refractivity contribution < 1.29 is 4.79 Å². The maximum atomic E-state index is 11.3. The van der Waals surface area contributed by atoms with E-state index in [9.17, 15) is 4.79 Å². The van der Waals surface area contributed by atoms with Crippen LogP contribution < -0.4 is 5.32 Å². The molecule has 2 nitrogen and oxygen atoms in total. The molecule has 0 aromatic heterocycles. The van der Waals surface area contributed by atoms with Crippen molar-refractivity contribution in [2.45, 2.75) is 19.8 Å². The van der Waals surface area contributed by atoms with Gasteiger partial charge in [-0.1, -0.05) is 23.8 Å². The van der Waals surface area contributed by atoms with Crippen LogP contribution in [0.5, 0.6) is 0 Å². The Morgan fingerprint density at radius 3 is 2.64 bits per heavy atom. The van der Waals surface area contributed by atoms with E-state index in [-0.39, 0.29) is 5.91 Å². The van der Waals surface area contributed by atoms with Gasteiger partial charge in [-0.25, -0.2) is 0 Å². The van der Waals surface area contributed by atoms with E-state index in [1.807, 2.05) is 31.2 Å². The quantitative estimate of drug-likeness (QED) is 0.725. The molecule has 0 aliphatic rings. The zero-order valence-electron chi connectivity index (χ0n) is 8.42. The lowest BCUT2D eigenvalue weighted by molar-refractivity contribution is -0.116. The van der Waals surface area contributed by atoms with Crippen LogP contribution >= 0.6 is 0 Å². The maximum absolute atomic E-state index is 11.3. The second kappa shape index (κ2) is 5.22. The van der Waals surface area contributed by atoms with Gasteiger partial charge in [-0.2, -0.15) is 0 Å². The fourth-order valence-corrected chi connectivity index (χ4v) is 1.09. The Morgan fingerprint density at radius 2 is 2.07 bits per heavy atom. The Hall–Kier alpha value is -1.57. The molecule has 1 N–H and O–H groups in total. The number of rotatable bonds is 4. The van der Waals surface area contributed by atoms with Gasteiger partial charge in [-0.05, 0) is 25.5 Å². The van der Waals surface area contributed by atoms with Gasteiger partial charge in [0.25, 0.3) is 0 Å². The topological polar surface area (TPSA) is 29.1 Å². The fourth-order valence-electron chi connectivity index (χ4n) is 1.09. The molecule has 1 aromatic carbocycles. The van der Waals surface area contributed by atoms with Crippen LogP contribution in [0.2, 0.25) is 0 Å². The average molecular weight is 189 g/mol. The minimum atomic E-state index is 0.0359. The van der Waals surface area contributed by atoms with E-state index in [1.54, 1.807) is 6.08 Å². The average Bonchev–Trinajstić information content (AvgIpc) is 2.18. The van der Waals surface area contributed by atoms with E-state index >= 15 is 0 Å². The van der Waals surface area contributed by atoms with Crippen LogP contribution in [-0.2, 0) is 4.79 Å². The van der Waals surface area contributed by atoms with Gasteiger partial charge in [0.2, 0.25) is 5.91 Å². The Morgan fingerprint density at radius 1 is 1.43 bits per heavy atom. The van der Waals surface area contributed by atoms with E-state index in [0.717, 1.165) is 12.1 Å². The van der Waals surface area contributed by atoms with Gasteiger partial charge >= 0.3 is 0 Å². The summed E-state index contributed by atoms with van der Waals surface area (Å²) in [5.41, 5.74) is 2.04. The third-order valence-corrected chi connectivity index (χ3v) is 1.91. The van der Waals surface area contributed by atoms with E-state index in [0.29, 0.717) is 6.42 Å². The molecule has 74 valence electrons. The van der Waals surface area contributed by atoms with Crippen molar-refractivity contribution in [1.29, 1.82) is 0 Å². The molecule has 0 heterocycles. The predicted octanol–water partition coefficient (Wildman–Crippen LogP) is 2.90. The molecular weight excluding hydrogens is 174 g/mol. The standard InChI is InChI=1S/C12H15NO/c1-3-4-5-12(14)13-11-8-6-10(2)7-9-11/h3,6-9H,1,4-5H2,2H3,(H,13,14). The first-order chi connectivity index (χ1) is 6.72. The summed E-state index contributed by atoms with van der Waals surface area (Å²) in [4.78, 5) is 11.3. The fraction of sp³-hybridized carbons (Fsp3) is 0.250. The van der Waals surface area contributed by atoms with Crippen molar-refractivity contribution in [3.8, 4) is 0 Å². The monoisotopic (exact) mass is 189 g/mol. The van der Waals surface area contributed by atoms with Gasteiger partial charge in [-0.3, -0.25) is 4.79 Å². The van der Waals surface area contributed by atoms with Crippen molar-refractivity contribution in [3.05, 3.63) is 42.5 Å². The number of hydrogen-bond acceptors (Lipinski definition) is 1. The minimum Gasteiger partial charge on any atom is -0.326 e. The molecule has 0 bridgehead atoms. The van der Waals surface area contributed by atoms with Gasteiger partial charge in [0.05, 0.1) is 0 Å². The van der Waals surface area contributed by atoms with Crippen LogP contribution in [0, 0.1) is 6.92 Å². The molecule has 0 radical (unpaired) electrons. The van der Waals surface area contributed by atoms with Crippen LogP contribution in [-0.4, -0.2) is 5.91 Å². The predicted molar refractivity (Wildman–Crippen MR) is 59.2 cm³/mol. The molecule has 0 aliphatic carbocycles. The molecule has 0 atom stereocenters. The van der Waals surface area contributed by atoms with Crippen LogP contribution in [0.15, 0.2) is 36.9 Å². The number of anilines is 1. The number of amides is 1. The summed E-state index contributed by atoms with van der Waals surface area (Å²) in [6, 6.07) is 7.76. The number of carbonyl (C=O) groups excluding carboxylic acids is 1. The molecule has 0 unspecified atom stereocenters. The van der Waals surface area contributed by atoms with Crippen molar-refractivity contribution in [1.82, 2.24) is 0 Å². The molecular formula is C12H15NO. The summed E-state index contributed by atoms with van der Waals surface area (Å²) in [6.07, 6.45) is 2.96. The molecule has 0 fully saturated rings. The van der Waals surface area contributed by atoms with E-state index in [2.05, 4.69) is 11.9 Å². The molecule has 14 heavy (non-hydrogen) atoms. The van der Waals surface area contributed by atoms with Crippen LogP contribution in [0.1, 0.15) is 18.4 Å². The van der Waals surface area contributed by atoms with Gasteiger partial charge in [0.1, 0.15) is 0 Å². The zero-order valence-corrected chi connectivity index (χ0v) is 8.42. The summed E-state index contributed by atoms with van der Waals surface area (Å²) in [7, 11) is 0. The number of nitrogens with one attached hydrogen (secondary N) is 1. The van der Waals surface area contributed by atoms with Gasteiger partial charge < -0.3 is 5.32 Å². The number of benzene rings is 1. The first kappa shape index (κ1) is 10.5. The molecule has 2 heteroatoms. The molecule has 0 saturated heterocycles.